The number of amides is 1. The lowest BCUT2D eigenvalue weighted by Gasteiger charge is -2.20. The van der Waals surface area contributed by atoms with Crippen molar-refractivity contribution in [1.29, 1.82) is 0 Å². The van der Waals surface area contributed by atoms with Crippen molar-refractivity contribution in [3.05, 3.63) is 53.6 Å². The summed E-state index contributed by atoms with van der Waals surface area (Å²) in [5.41, 5.74) is 3.36. The second-order valence-electron chi connectivity index (χ2n) is 4.87. The Morgan fingerprint density at radius 1 is 1.21 bits per heavy atom. The number of nitrogens with one attached hydrogen (secondary N) is 1. The highest BCUT2D eigenvalue weighted by molar-refractivity contribution is 5.78. The van der Waals surface area contributed by atoms with E-state index in [-0.39, 0.29) is 5.91 Å². The molecule has 0 unspecified atom stereocenters. The smallest absolute Gasteiger partial charge is 0.227 e. The normalized spacial score (nSPS) is 14.8. The van der Waals surface area contributed by atoms with Crippen molar-refractivity contribution in [3.8, 4) is 0 Å². The van der Waals surface area contributed by atoms with Crippen molar-refractivity contribution < 1.29 is 4.79 Å². The predicted octanol–water partition coefficient (Wildman–Crippen LogP) is 1.58. The van der Waals surface area contributed by atoms with Crippen LogP contribution in [0.3, 0.4) is 0 Å². The molecule has 4 nitrogen and oxygen atoms in total. The number of carbonyl (C=O) groups excluding carboxylic acids is 1. The van der Waals surface area contributed by atoms with Crippen LogP contribution in [-0.4, -0.2) is 33.9 Å². The van der Waals surface area contributed by atoms with Crippen molar-refractivity contribution in [2.24, 2.45) is 0 Å². The van der Waals surface area contributed by atoms with E-state index in [9.17, 15) is 4.79 Å². The molecule has 1 N–H and O–H groups in total. The number of benzene rings is 1. The van der Waals surface area contributed by atoms with Gasteiger partial charge in [-0.3, -0.25) is 4.79 Å². The first-order valence-corrected chi connectivity index (χ1v) is 6.66. The number of carbonyl (C=O) groups is 1. The highest BCUT2D eigenvalue weighted by Crippen LogP contribution is 2.12. The number of imidazole rings is 1. The minimum Gasteiger partial charge on any atom is -0.348 e. The lowest BCUT2D eigenvalue weighted by molar-refractivity contribution is -0.130. The third-order valence-corrected chi connectivity index (χ3v) is 3.61. The van der Waals surface area contributed by atoms with Gasteiger partial charge in [0.15, 0.2) is 0 Å². The number of aromatic amines is 1. The third kappa shape index (κ3) is 2.67. The summed E-state index contributed by atoms with van der Waals surface area (Å²) in [6.07, 6.45) is 3.95. The molecule has 0 bridgehead atoms. The Labute approximate surface area is 112 Å². The van der Waals surface area contributed by atoms with Crippen LogP contribution in [0.1, 0.15) is 17.0 Å². The molecule has 2 heterocycles. The van der Waals surface area contributed by atoms with Crippen molar-refractivity contribution in [2.45, 2.75) is 19.3 Å². The van der Waals surface area contributed by atoms with Crippen molar-refractivity contribution >= 4 is 5.91 Å². The predicted molar refractivity (Wildman–Crippen MR) is 72.7 cm³/mol. The SMILES string of the molecule is O=C(Cc1ccccc1)N1CCc2nc[nH]c2CC1. The van der Waals surface area contributed by atoms with E-state index < -0.39 is 0 Å². The van der Waals surface area contributed by atoms with E-state index in [4.69, 9.17) is 0 Å². The van der Waals surface area contributed by atoms with Crippen LogP contribution >= 0.6 is 0 Å². The Hall–Kier alpha value is -2.10. The fourth-order valence-electron chi connectivity index (χ4n) is 2.51. The molecule has 1 aliphatic heterocycles. The van der Waals surface area contributed by atoms with Crippen LogP contribution < -0.4 is 0 Å². The Bertz CT molecular complexity index is 539. The summed E-state index contributed by atoms with van der Waals surface area (Å²) in [7, 11) is 0. The third-order valence-electron chi connectivity index (χ3n) is 3.61. The van der Waals surface area contributed by atoms with Crippen molar-refractivity contribution in [1.82, 2.24) is 14.9 Å². The molecular formula is C15H17N3O. The molecule has 1 aromatic heterocycles. The van der Waals surface area contributed by atoms with Crippen LogP contribution in [0.15, 0.2) is 36.7 Å². The summed E-state index contributed by atoms with van der Waals surface area (Å²) in [5, 5.41) is 0. The quantitative estimate of drug-likeness (QED) is 0.885. The summed E-state index contributed by atoms with van der Waals surface area (Å²) in [5.74, 6) is 0.205. The highest BCUT2D eigenvalue weighted by atomic mass is 16.2. The van der Waals surface area contributed by atoms with Gasteiger partial charge in [-0.2, -0.15) is 0 Å². The monoisotopic (exact) mass is 255 g/mol. The molecular weight excluding hydrogens is 238 g/mol. The number of H-pyrrole nitrogens is 1. The van der Waals surface area contributed by atoms with E-state index >= 15 is 0 Å². The minimum atomic E-state index is 0.205. The summed E-state index contributed by atoms with van der Waals surface area (Å²) >= 11 is 0. The molecule has 0 radical (unpaired) electrons. The van der Waals surface area contributed by atoms with Gasteiger partial charge in [0.1, 0.15) is 0 Å². The van der Waals surface area contributed by atoms with Gasteiger partial charge in [0.05, 0.1) is 18.4 Å². The average molecular weight is 255 g/mol. The first-order valence-electron chi connectivity index (χ1n) is 6.66. The van der Waals surface area contributed by atoms with E-state index in [0.29, 0.717) is 6.42 Å². The second kappa shape index (κ2) is 5.26. The molecule has 1 aromatic carbocycles. The summed E-state index contributed by atoms with van der Waals surface area (Å²) in [6.45, 7) is 1.55. The molecule has 2 aromatic rings. The van der Waals surface area contributed by atoms with Gasteiger partial charge in [-0.15, -0.1) is 0 Å². The lowest BCUT2D eigenvalue weighted by Crippen LogP contribution is -2.34. The van der Waals surface area contributed by atoms with Gasteiger partial charge < -0.3 is 9.88 Å². The topological polar surface area (TPSA) is 49.0 Å². The fourth-order valence-corrected chi connectivity index (χ4v) is 2.51. The Morgan fingerprint density at radius 2 is 2.00 bits per heavy atom. The Balaban J connectivity index is 1.64. The lowest BCUT2D eigenvalue weighted by atomic mass is 10.1. The van der Waals surface area contributed by atoms with Crippen LogP contribution in [0.25, 0.3) is 0 Å². The van der Waals surface area contributed by atoms with E-state index in [1.807, 2.05) is 35.2 Å². The maximum Gasteiger partial charge on any atom is 0.227 e. The molecule has 98 valence electrons. The van der Waals surface area contributed by atoms with Crippen LogP contribution in [0.4, 0.5) is 0 Å². The summed E-state index contributed by atoms with van der Waals surface area (Å²) in [4.78, 5) is 21.7. The van der Waals surface area contributed by atoms with Gasteiger partial charge in [-0.25, -0.2) is 4.98 Å². The largest absolute Gasteiger partial charge is 0.348 e. The van der Waals surface area contributed by atoms with Gasteiger partial charge in [-0.1, -0.05) is 30.3 Å². The van der Waals surface area contributed by atoms with E-state index in [1.165, 1.54) is 5.69 Å². The summed E-state index contributed by atoms with van der Waals surface area (Å²) in [6, 6.07) is 9.91. The molecule has 19 heavy (non-hydrogen) atoms. The highest BCUT2D eigenvalue weighted by Gasteiger charge is 2.19. The summed E-state index contributed by atoms with van der Waals surface area (Å²) < 4.78 is 0. The number of rotatable bonds is 2. The number of fused-ring (bicyclic) bond motifs is 1. The molecule has 4 heteroatoms. The maximum absolute atomic E-state index is 12.3. The average Bonchev–Trinajstić information content (AvgIpc) is 2.78. The minimum absolute atomic E-state index is 0.205. The molecule has 0 atom stereocenters. The van der Waals surface area contributed by atoms with Crippen molar-refractivity contribution in [3.63, 3.8) is 0 Å². The van der Waals surface area contributed by atoms with E-state index in [2.05, 4.69) is 9.97 Å². The first kappa shape index (κ1) is 12.0. The Morgan fingerprint density at radius 3 is 2.84 bits per heavy atom. The maximum atomic E-state index is 12.3. The molecule has 1 aliphatic rings. The zero-order valence-electron chi connectivity index (χ0n) is 10.8. The van der Waals surface area contributed by atoms with Crippen LogP contribution in [0.5, 0.6) is 0 Å². The number of hydrogen-bond donors (Lipinski definition) is 1. The molecule has 0 fully saturated rings. The molecule has 0 aliphatic carbocycles. The zero-order chi connectivity index (χ0) is 13.1. The molecule has 0 spiro atoms. The van der Waals surface area contributed by atoms with Gasteiger partial charge in [0, 0.05) is 31.6 Å². The zero-order valence-corrected chi connectivity index (χ0v) is 10.8. The van der Waals surface area contributed by atoms with Crippen molar-refractivity contribution in [2.75, 3.05) is 13.1 Å². The van der Waals surface area contributed by atoms with Gasteiger partial charge in [0.2, 0.25) is 5.91 Å². The number of aromatic nitrogens is 2. The van der Waals surface area contributed by atoms with Gasteiger partial charge in [-0.05, 0) is 5.56 Å². The first-order chi connectivity index (χ1) is 9.33. The van der Waals surface area contributed by atoms with E-state index in [1.54, 1.807) is 6.33 Å². The fraction of sp³-hybridized carbons (Fsp3) is 0.333. The van der Waals surface area contributed by atoms with Crippen LogP contribution in [-0.2, 0) is 24.1 Å². The molecule has 1 amide bonds. The second-order valence-corrected chi connectivity index (χ2v) is 4.87. The van der Waals surface area contributed by atoms with Crippen LogP contribution in [0, 0.1) is 0 Å². The molecule has 0 saturated carbocycles. The standard InChI is InChI=1S/C15H17N3O/c19-15(10-12-4-2-1-3-5-12)18-8-6-13-14(7-9-18)17-11-16-13/h1-5,11H,6-10H2,(H,16,17). The van der Waals surface area contributed by atoms with Crippen LogP contribution in [0.2, 0.25) is 0 Å². The number of hydrogen-bond acceptors (Lipinski definition) is 2. The molecule has 0 saturated heterocycles. The van der Waals surface area contributed by atoms with E-state index in [0.717, 1.165) is 37.2 Å². The Kier molecular flexibility index (Phi) is 3.31. The number of nitrogens with zero attached hydrogens (tertiary/aromatic N) is 2. The molecule has 3 rings (SSSR count). The van der Waals surface area contributed by atoms with Gasteiger partial charge in [0.25, 0.3) is 0 Å². The van der Waals surface area contributed by atoms with Gasteiger partial charge >= 0.3 is 0 Å².